The molecule has 1 unspecified atom stereocenters. The normalized spacial score (nSPS) is 17.1. The van der Waals surface area contributed by atoms with E-state index in [1.165, 1.54) is 28.4 Å². The molecule has 6 rings (SSSR count). The first-order valence-corrected chi connectivity index (χ1v) is 16.5. The van der Waals surface area contributed by atoms with E-state index in [2.05, 4.69) is 10.6 Å². The first kappa shape index (κ1) is 29.2. The minimum absolute atomic E-state index is 0.152. The van der Waals surface area contributed by atoms with Gasteiger partial charge in [0.25, 0.3) is 5.91 Å². The van der Waals surface area contributed by atoms with Gasteiger partial charge in [-0.05, 0) is 78.4 Å². The van der Waals surface area contributed by atoms with E-state index in [0.29, 0.717) is 52.1 Å². The number of amides is 2. The van der Waals surface area contributed by atoms with Crippen molar-refractivity contribution in [3.8, 4) is 11.3 Å². The van der Waals surface area contributed by atoms with Crippen molar-refractivity contribution in [1.82, 2.24) is 9.62 Å². The molecule has 1 saturated heterocycles. The van der Waals surface area contributed by atoms with Crippen LogP contribution in [0.3, 0.4) is 0 Å². The number of benzene rings is 3. The maximum absolute atomic E-state index is 13.8. The molecule has 2 aliphatic heterocycles. The third kappa shape index (κ3) is 5.28. The number of nitrogens with one attached hydrogen (secondary N) is 2. The molecule has 0 aliphatic carbocycles. The van der Waals surface area contributed by atoms with Gasteiger partial charge >= 0.3 is 0 Å². The largest absolute Gasteiger partial charge is 0.455 e. The smallest absolute Gasteiger partial charge is 0.255 e. The van der Waals surface area contributed by atoms with Gasteiger partial charge in [0, 0.05) is 56.1 Å². The Hall–Kier alpha value is -3.87. The van der Waals surface area contributed by atoms with E-state index in [4.69, 9.17) is 4.42 Å². The van der Waals surface area contributed by atoms with Crippen LogP contribution < -0.4 is 14.9 Å². The van der Waals surface area contributed by atoms with Crippen molar-refractivity contribution in [2.24, 2.45) is 0 Å². The second-order valence-corrected chi connectivity index (χ2v) is 13.6. The van der Waals surface area contributed by atoms with Crippen molar-refractivity contribution in [2.45, 2.75) is 30.1 Å². The van der Waals surface area contributed by atoms with Gasteiger partial charge in [-0.25, -0.2) is 12.8 Å². The summed E-state index contributed by atoms with van der Waals surface area (Å²) in [7, 11) is -0.353. The van der Waals surface area contributed by atoms with Crippen LogP contribution in [0.5, 0.6) is 0 Å². The lowest BCUT2D eigenvalue weighted by molar-refractivity contribution is -0.115. The Kier molecular flexibility index (Phi) is 7.69. The van der Waals surface area contributed by atoms with E-state index < -0.39 is 15.8 Å². The molecular formula is C31H31FN4O5S2. The molecule has 1 atom stereocenters. The molecular weight excluding hydrogens is 591 g/mol. The highest BCUT2D eigenvalue weighted by Crippen LogP contribution is 2.43. The van der Waals surface area contributed by atoms with E-state index in [9.17, 15) is 22.4 Å². The lowest BCUT2D eigenvalue weighted by Gasteiger charge is -2.34. The Balaban J connectivity index is 1.42. The van der Waals surface area contributed by atoms with Crippen LogP contribution in [0.25, 0.3) is 22.3 Å². The van der Waals surface area contributed by atoms with Gasteiger partial charge in [0.2, 0.25) is 15.9 Å². The zero-order chi connectivity index (χ0) is 30.5. The molecule has 9 nitrogen and oxygen atoms in total. The number of piperidine rings is 1. The van der Waals surface area contributed by atoms with Crippen molar-refractivity contribution in [3.63, 3.8) is 0 Å². The maximum Gasteiger partial charge on any atom is 0.255 e. The van der Waals surface area contributed by atoms with E-state index in [1.54, 1.807) is 37.4 Å². The number of fused-ring (bicyclic) bond motifs is 2. The quantitative estimate of drug-likeness (QED) is 0.267. The molecule has 43 heavy (non-hydrogen) atoms. The number of anilines is 2. The summed E-state index contributed by atoms with van der Waals surface area (Å²) in [5, 5.41) is 6.04. The standard InChI is InChI=1S/C31H31FN4O5S2/c1-33-31(38)29-24-15-23(26(35(2)42-3)16-27(24)41-30(29)18-6-8-21(32)9-7-18)19-5-4-12-36(17-19)43(39,40)22-10-11-25-20(13-22)14-28(37)34-25/h6-11,13,15-16,19H,4-5,12,14,17H2,1-3H3,(H,33,38)(H,34,37). The number of hydrogen-bond donors (Lipinski definition) is 2. The summed E-state index contributed by atoms with van der Waals surface area (Å²) in [5.41, 5.74) is 4.49. The number of sulfonamides is 1. The molecule has 0 radical (unpaired) electrons. The maximum atomic E-state index is 13.8. The molecule has 3 aromatic carbocycles. The number of carbonyl (C=O) groups excluding carboxylic acids is 2. The molecule has 3 heterocycles. The molecule has 0 spiro atoms. The number of halogens is 1. The van der Waals surface area contributed by atoms with Crippen LogP contribution in [-0.4, -0.2) is 58.0 Å². The Morgan fingerprint density at radius 2 is 1.93 bits per heavy atom. The molecule has 12 heteroatoms. The zero-order valence-electron chi connectivity index (χ0n) is 23.9. The van der Waals surface area contributed by atoms with Crippen LogP contribution in [0, 0.1) is 5.82 Å². The topological polar surface area (TPSA) is 112 Å². The van der Waals surface area contributed by atoms with Crippen LogP contribution >= 0.6 is 11.9 Å². The average molecular weight is 623 g/mol. The van der Waals surface area contributed by atoms with Gasteiger partial charge in [0.05, 0.1) is 22.6 Å². The minimum Gasteiger partial charge on any atom is -0.455 e. The fraction of sp³-hybridized carbons (Fsp3) is 0.290. The Morgan fingerprint density at radius 1 is 1.16 bits per heavy atom. The number of carbonyl (C=O) groups is 2. The highest BCUT2D eigenvalue weighted by Gasteiger charge is 2.34. The molecule has 4 aromatic rings. The molecule has 2 amide bonds. The highest BCUT2D eigenvalue weighted by atomic mass is 32.2. The summed E-state index contributed by atoms with van der Waals surface area (Å²) in [4.78, 5) is 25.2. The summed E-state index contributed by atoms with van der Waals surface area (Å²) < 4.78 is 51.1. The van der Waals surface area contributed by atoms with Gasteiger partial charge in [0.1, 0.15) is 17.2 Å². The summed E-state index contributed by atoms with van der Waals surface area (Å²) in [5.74, 6) is -0.707. The number of furan rings is 1. The molecule has 2 aliphatic rings. The molecule has 1 aromatic heterocycles. The van der Waals surface area contributed by atoms with Crippen LogP contribution in [0.2, 0.25) is 0 Å². The highest BCUT2D eigenvalue weighted by molar-refractivity contribution is 7.99. The van der Waals surface area contributed by atoms with Crippen molar-refractivity contribution in [3.05, 3.63) is 77.1 Å². The van der Waals surface area contributed by atoms with Crippen LogP contribution in [0.4, 0.5) is 15.8 Å². The van der Waals surface area contributed by atoms with Gasteiger partial charge in [0.15, 0.2) is 0 Å². The third-order valence-corrected chi connectivity index (χ3v) is 10.8. The van der Waals surface area contributed by atoms with Gasteiger partial charge in [-0.3, -0.25) is 9.59 Å². The third-order valence-electron chi connectivity index (χ3n) is 8.17. The zero-order valence-corrected chi connectivity index (χ0v) is 25.6. The monoisotopic (exact) mass is 622 g/mol. The summed E-state index contributed by atoms with van der Waals surface area (Å²) in [6.07, 6.45) is 3.52. The fourth-order valence-corrected chi connectivity index (χ4v) is 7.86. The summed E-state index contributed by atoms with van der Waals surface area (Å²) in [6, 6.07) is 14.4. The molecule has 0 bridgehead atoms. The second kappa shape index (κ2) is 11.3. The van der Waals surface area contributed by atoms with Crippen LogP contribution in [0.1, 0.15) is 40.2 Å². The SMILES string of the molecule is CNC(=O)c1c(-c2ccc(F)cc2)oc2cc(N(C)SC)c(C3CCCN(S(=O)(=O)c4ccc5c(c4)CC(=O)N5)C3)cc12. The number of rotatable bonds is 7. The summed E-state index contributed by atoms with van der Waals surface area (Å²) in [6.45, 7) is 0.641. The predicted molar refractivity (Wildman–Crippen MR) is 166 cm³/mol. The van der Waals surface area contributed by atoms with Gasteiger partial charge in [-0.1, -0.05) is 11.9 Å². The first-order valence-electron chi connectivity index (χ1n) is 13.9. The van der Waals surface area contributed by atoms with Crippen molar-refractivity contribution >= 4 is 56.1 Å². The Bertz CT molecular complexity index is 1860. The van der Waals surface area contributed by atoms with E-state index in [0.717, 1.165) is 17.7 Å². The second-order valence-electron chi connectivity index (χ2n) is 10.7. The van der Waals surface area contributed by atoms with Crippen molar-refractivity contribution in [1.29, 1.82) is 0 Å². The summed E-state index contributed by atoms with van der Waals surface area (Å²) >= 11 is 1.50. The predicted octanol–water partition coefficient (Wildman–Crippen LogP) is 5.38. The minimum atomic E-state index is -3.82. The van der Waals surface area contributed by atoms with E-state index in [-0.39, 0.29) is 35.6 Å². The van der Waals surface area contributed by atoms with Gasteiger partial charge in [-0.2, -0.15) is 4.31 Å². The number of hydrogen-bond acceptors (Lipinski definition) is 7. The average Bonchev–Trinajstić information content (AvgIpc) is 3.58. The Morgan fingerprint density at radius 3 is 2.65 bits per heavy atom. The van der Waals surface area contributed by atoms with Gasteiger partial charge in [-0.15, -0.1) is 0 Å². The fourth-order valence-electron chi connectivity index (χ4n) is 5.93. The van der Waals surface area contributed by atoms with Crippen LogP contribution in [-0.2, 0) is 21.2 Å². The molecule has 224 valence electrons. The molecule has 0 saturated carbocycles. The number of nitrogens with zero attached hydrogens (tertiary/aromatic N) is 2. The van der Waals surface area contributed by atoms with Crippen molar-refractivity contribution in [2.75, 3.05) is 43.1 Å². The van der Waals surface area contributed by atoms with E-state index >= 15 is 0 Å². The molecule has 2 N–H and O–H groups in total. The van der Waals surface area contributed by atoms with E-state index in [1.807, 2.05) is 29.7 Å². The first-order chi connectivity index (χ1) is 20.6. The van der Waals surface area contributed by atoms with Crippen molar-refractivity contribution < 1.29 is 26.8 Å². The Labute approximate surface area is 253 Å². The van der Waals surface area contributed by atoms with Crippen LogP contribution in [0.15, 0.2) is 63.9 Å². The molecule has 1 fully saturated rings. The van der Waals surface area contributed by atoms with Gasteiger partial charge < -0.3 is 19.4 Å². The lowest BCUT2D eigenvalue weighted by Crippen LogP contribution is -2.39. The lowest BCUT2D eigenvalue weighted by atomic mass is 9.89.